The van der Waals surface area contributed by atoms with Crippen molar-refractivity contribution in [3.05, 3.63) is 53.9 Å². The summed E-state index contributed by atoms with van der Waals surface area (Å²) >= 11 is 0. The molecule has 0 unspecified atom stereocenters. The highest BCUT2D eigenvalue weighted by Gasteiger charge is 1.99. The fraction of sp³-hybridized carbons (Fsp3) is 0.188. The van der Waals surface area contributed by atoms with Crippen LogP contribution in [-0.4, -0.2) is 20.0 Å². The maximum atomic E-state index is 12.5. The van der Waals surface area contributed by atoms with Crippen LogP contribution in [0, 0.1) is 11.8 Å². The molecule has 3 aromatic rings. The van der Waals surface area contributed by atoms with Crippen LogP contribution >= 0.6 is 12.4 Å². The highest BCUT2D eigenvalue weighted by molar-refractivity contribution is 5.85. The van der Waals surface area contributed by atoms with Gasteiger partial charge in [-0.3, -0.25) is 0 Å². The van der Waals surface area contributed by atoms with Crippen molar-refractivity contribution < 1.29 is 4.39 Å². The molecule has 6 heteroatoms. The Morgan fingerprint density at radius 3 is 2.41 bits per heavy atom. The van der Waals surface area contributed by atoms with Crippen molar-refractivity contribution in [2.24, 2.45) is 0 Å². The number of aryl methyl sites for hydroxylation is 1. The molecule has 0 bridgehead atoms. The third kappa shape index (κ3) is 3.80. The van der Waals surface area contributed by atoms with Crippen molar-refractivity contribution in [1.29, 1.82) is 0 Å². The molecule has 2 heterocycles. The second kappa shape index (κ2) is 7.53. The number of rotatable bonds is 3. The first-order valence-corrected chi connectivity index (χ1v) is 6.66. The highest BCUT2D eigenvalue weighted by Crippen LogP contribution is 2.07. The smallest absolute Gasteiger partial charge is 0.131 e. The minimum atomic E-state index is -0.570. The Hall–Kier alpha value is -2.45. The third-order valence-corrected chi connectivity index (χ3v) is 2.93. The average molecular weight is 317 g/mol. The summed E-state index contributed by atoms with van der Waals surface area (Å²) in [6, 6.07) is 12.9. The van der Waals surface area contributed by atoms with Gasteiger partial charge in [-0.15, -0.1) is 12.4 Å². The molecule has 0 spiro atoms. The molecule has 0 saturated carbocycles. The number of hydrogen-bond acceptors (Lipinski definition) is 3. The first kappa shape index (κ1) is 15.9. The lowest BCUT2D eigenvalue weighted by Crippen LogP contribution is -2.01. The van der Waals surface area contributed by atoms with E-state index in [1.807, 2.05) is 24.3 Å². The van der Waals surface area contributed by atoms with Crippen LogP contribution in [0.25, 0.3) is 11.0 Å². The third-order valence-electron chi connectivity index (χ3n) is 2.93. The molecule has 3 rings (SSSR count). The second-order valence-corrected chi connectivity index (χ2v) is 4.48. The molecule has 0 radical (unpaired) electrons. The largest absolute Gasteiger partial charge is 0.244 e. The Labute approximate surface area is 133 Å². The zero-order chi connectivity index (χ0) is 14.5. The van der Waals surface area contributed by atoms with Crippen molar-refractivity contribution in [2.45, 2.75) is 19.6 Å². The van der Waals surface area contributed by atoms with Gasteiger partial charge in [-0.25, -0.2) is 9.37 Å². The van der Waals surface area contributed by atoms with E-state index in [4.69, 9.17) is 0 Å². The molecule has 0 saturated heterocycles. The molecule has 0 amide bonds. The molecule has 0 aliphatic rings. The summed E-state index contributed by atoms with van der Waals surface area (Å²) in [7, 11) is 0. The van der Waals surface area contributed by atoms with Gasteiger partial charge < -0.3 is 0 Å². The summed E-state index contributed by atoms with van der Waals surface area (Å²) < 4.78 is 12.5. The van der Waals surface area contributed by atoms with Crippen molar-refractivity contribution in [3.8, 4) is 11.8 Å². The van der Waals surface area contributed by atoms with Crippen LogP contribution in [0.1, 0.15) is 17.8 Å². The van der Waals surface area contributed by atoms with Crippen LogP contribution in [0.5, 0.6) is 0 Å². The minimum absolute atomic E-state index is 0. The number of nitrogens with zero attached hydrogens (tertiary/aromatic N) is 4. The summed E-state index contributed by atoms with van der Waals surface area (Å²) in [5.41, 5.74) is 2.75. The zero-order valence-electron chi connectivity index (χ0n) is 11.7. The van der Waals surface area contributed by atoms with Crippen molar-refractivity contribution in [1.82, 2.24) is 20.0 Å². The molecule has 0 N–H and O–H groups in total. The van der Waals surface area contributed by atoms with E-state index in [1.54, 1.807) is 23.0 Å². The van der Waals surface area contributed by atoms with E-state index in [1.165, 1.54) is 0 Å². The molecule has 1 aromatic carbocycles. The maximum absolute atomic E-state index is 12.5. The van der Waals surface area contributed by atoms with Gasteiger partial charge in [0.2, 0.25) is 0 Å². The Balaban J connectivity index is 0.00000176. The van der Waals surface area contributed by atoms with Crippen LogP contribution in [0.4, 0.5) is 4.39 Å². The number of benzene rings is 1. The predicted octanol–water partition coefficient (Wildman–Crippen LogP) is 3.16. The van der Waals surface area contributed by atoms with Gasteiger partial charge >= 0.3 is 0 Å². The summed E-state index contributed by atoms with van der Waals surface area (Å²) in [5.74, 6) is 5.94. The molecule has 0 aliphatic carbocycles. The number of pyridine rings is 1. The van der Waals surface area contributed by atoms with Gasteiger partial charge in [0.15, 0.2) is 0 Å². The summed E-state index contributed by atoms with van der Waals surface area (Å²) in [6.07, 6.45) is 0.614. The number of aromatic nitrogens is 4. The summed E-state index contributed by atoms with van der Waals surface area (Å²) in [6.45, 7) is 0.0454. The fourth-order valence-corrected chi connectivity index (χ4v) is 1.94. The maximum Gasteiger partial charge on any atom is 0.131 e. The molecule has 22 heavy (non-hydrogen) atoms. The standard InChI is InChI=1S/C16H13FN4.ClH/c17-12-14-8-5-7-13(18-14)6-3-4-11-21-19-15-9-1-2-10-16(15)20-21;/h1-2,5,7-10H,4,11-12H2;1H. The molecule has 0 fully saturated rings. The molecular formula is C16H14ClFN4. The van der Waals surface area contributed by atoms with Crippen LogP contribution in [0.2, 0.25) is 0 Å². The molecule has 4 nitrogen and oxygen atoms in total. The number of hydrogen-bond donors (Lipinski definition) is 0. The lowest BCUT2D eigenvalue weighted by atomic mass is 10.3. The topological polar surface area (TPSA) is 43.6 Å². The average Bonchev–Trinajstić information content (AvgIpc) is 2.94. The first-order chi connectivity index (χ1) is 10.3. The van der Waals surface area contributed by atoms with E-state index in [0.717, 1.165) is 11.0 Å². The number of halogens is 2. The highest BCUT2D eigenvalue weighted by atomic mass is 35.5. The second-order valence-electron chi connectivity index (χ2n) is 4.48. The minimum Gasteiger partial charge on any atom is -0.244 e. The fourth-order valence-electron chi connectivity index (χ4n) is 1.94. The number of fused-ring (bicyclic) bond motifs is 1. The van der Waals surface area contributed by atoms with Gasteiger partial charge in [-0.05, 0) is 30.2 Å². The van der Waals surface area contributed by atoms with E-state index in [9.17, 15) is 4.39 Å². The van der Waals surface area contributed by atoms with Gasteiger partial charge in [0.1, 0.15) is 23.4 Å². The zero-order valence-corrected chi connectivity index (χ0v) is 12.6. The van der Waals surface area contributed by atoms with E-state index in [0.29, 0.717) is 24.4 Å². The molecule has 0 aliphatic heterocycles. The molecule has 112 valence electrons. The Kier molecular flexibility index (Phi) is 5.45. The monoisotopic (exact) mass is 316 g/mol. The van der Waals surface area contributed by atoms with Gasteiger partial charge in [0.25, 0.3) is 0 Å². The SMILES string of the molecule is Cl.FCc1cccc(C#CCCn2nc3ccccc3n2)n1. The van der Waals surface area contributed by atoms with Crippen LogP contribution in [-0.2, 0) is 13.2 Å². The van der Waals surface area contributed by atoms with E-state index >= 15 is 0 Å². The summed E-state index contributed by atoms with van der Waals surface area (Å²) in [4.78, 5) is 5.73. The van der Waals surface area contributed by atoms with Crippen LogP contribution in [0.15, 0.2) is 42.5 Å². The molecular weight excluding hydrogens is 303 g/mol. The van der Waals surface area contributed by atoms with E-state index < -0.39 is 6.67 Å². The normalized spacial score (nSPS) is 9.86. The Morgan fingerprint density at radius 2 is 1.73 bits per heavy atom. The predicted molar refractivity (Wildman–Crippen MR) is 85.3 cm³/mol. The van der Waals surface area contributed by atoms with Crippen LogP contribution in [0.3, 0.4) is 0 Å². The Morgan fingerprint density at radius 1 is 1.00 bits per heavy atom. The van der Waals surface area contributed by atoms with E-state index in [2.05, 4.69) is 27.0 Å². The van der Waals surface area contributed by atoms with Crippen molar-refractivity contribution >= 4 is 23.4 Å². The molecule has 0 atom stereocenters. The van der Waals surface area contributed by atoms with Gasteiger partial charge in [-0.2, -0.15) is 15.0 Å². The van der Waals surface area contributed by atoms with Gasteiger partial charge in [-0.1, -0.05) is 24.1 Å². The lowest BCUT2D eigenvalue weighted by Gasteiger charge is -1.94. The lowest BCUT2D eigenvalue weighted by molar-refractivity contribution is 0.476. The van der Waals surface area contributed by atoms with Gasteiger partial charge in [0, 0.05) is 6.42 Å². The van der Waals surface area contributed by atoms with E-state index in [-0.39, 0.29) is 12.4 Å². The first-order valence-electron chi connectivity index (χ1n) is 6.66. The van der Waals surface area contributed by atoms with Crippen molar-refractivity contribution in [3.63, 3.8) is 0 Å². The Bertz CT molecular complexity index is 786. The van der Waals surface area contributed by atoms with Crippen LogP contribution < -0.4 is 0 Å². The quantitative estimate of drug-likeness (QED) is 0.697. The van der Waals surface area contributed by atoms with Crippen molar-refractivity contribution in [2.75, 3.05) is 0 Å². The number of alkyl halides is 1. The molecule has 2 aromatic heterocycles. The van der Waals surface area contributed by atoms with Gasteiger partial charge in [0.05, 0.1) is 12.2 Å². The summed E-state index contributed by atoms with van der Waals surface area (Å²) in [5, 5.41) is 8.71.